The highest BCUT2D eigenvalue weighted by Gasteiger charge is 2.44. The third kappa shape index (κ3) is 25.7. The van der Waals surface area contributed by atoms with Crippen molar-refractivity contribution in [2.75, 3.05) is 39.6 Å². The highest BCUT2D eigenvalue weighted by Crippen LogP contribution is 2.26. The van der Waals surface area contributed by atoms with Crippen LogP contribution in [0.5, 0.6) is 0 Å². The number of unbranched alkanes of at least 4 members (excludes halogenated alkanes) is 6. The first-order valence-electron chi connectivity index (χ1n) is 21.4. The van der Waals surface area contributed by atoms with Gasteiger partial charge in [-0.1, -0.05) is 62.4 Å². The van der Waals surface area contributed by atoms with Crippen molar-refractivity contribution in [3.63, 3.8) is 0 Å². The van der Waals surface area contributed by atoms with Crippen molar-refractivity contribution in [3.05, 3.63) is 35.9 Å². The summed E-state index contributed by atoms with van der Waals surface area (Å²) in [6, 6.07) is 9.62. The lowest BCUT2D eigenvalue weighted by Crippen LogP contribution is -2.58. The van der Waals surface area contributed by atoms with Gasteiger partial charge < -0.3 is 47.9 Å². The predicted molar refractivity (Wildman–Crippen MR) is 223 cm³/mol. The van der Waals surface area contributed by atoms with Gasteiger partial charge in [-0.15, -0.1) is 0 Å². The standard InChI is InChI=1S/C45H73NO14/c1-43(2,3)58-37(48)23-27-52-34-31-55-35(41(54-29-25-39(50)60-45(7,8)9)40(34)53-28-24-38(49)59-44(4,5)6)32-57-42(51)46-26-19-14-12-10-11-13-18-22-36(47)56-30-33-20-16-15-17-21-33/h15-17,20-21,34-35,40-41H,10-14,18-19,22-32H2,1-9H3,(H,46,51)/t34-,35+,40+,41+/m0/s1. The van der Waals surface area contributed by atoms with Gasteiger partial charge in [0, 0.05) is 13.0 Å². The zero-order valence-corrected chi connectivity index (χ0v) is 37.6. The second-order valence-electron chi connectivity index (χ2n) is 17.9. The molecule has 15 nitrogen and oxygen atoms in total. The van der Waals surface area contributed by atoms with E-state index in [0.29, 0.717) is 19.6 Å². The quantitative estimate of drug-likeness (QED) is 0.0556. The van der Waals surface area contributed by atoms with Gasteiger partial charge in [-0.25, -0.2) is 4.79 Å². The average Bonchev–Trinajstić information content (AvgIpc) is 3.13. The van der Waals surface area contributed by atoms with Gasteiger partial charge in [0.15, 0.2) is 0 Å². The van der Waals surface area contributed by atoms with E-state index in [2.05, 4.69) is 5.32 Å². The molecule has 60 heavy (non-hydrogen) atoms. The first kappa shape index (κ1) is 52.3. The number of esters is 4. The Balaban J connectivity index is 1.90. The van der Waals surface area contributed by atoms with Gasteiger partial charge in [-0.2, -0.15) is 0 Å². The summed E-state index contributed by atoms with van der Waals surface area (Å²) in [6.07, 6.45) is 2.82. The predicted octanol–water partition coefficient (Wildman–Crippen LogP) is 7.33. The maximum Gasteiger partial charge on any atom is 0.407 e. The molecule has 1 aromatic rings. The van der Waals surface area contributed by atoms with Gasteiger partial charge in [-0.05, 0) is 80.7 Å². The molecule has 0 spiro atoms. The second-order valence-corrected chi connectivity index (χ2v) is 17.9. The first-order valence-corrected chi connectivity index (χ1v) is 21.4. The highest BCUT2D eigenvalue weighted by atomic mass is 16.6. The number of carbonyl (C=O) groups excluding carboxylic acids is 5. The Morgan fingerprint density at radius 2 is 1.07 bits per heavy atom. The highest BCUT2D eigenvalue weighted by molar-refractivity contribution is 5.71. The van der Waals surface area contributed by atoms with Crippen molar-refractivity contribution in [1.82, 2.24) is 5.32 Å². The van der Waals surface area contributed by atoms with Crippen LogP contribution in [-0.4, -0.2) is 111 Å². The minimum absolute atomic E-state index is 0.00488. The Labute approximate surface area is 357 Å². The smallest absolute Gasteiger partial charge is 0.407 e. The average molecular weight is 852 g/mol. The number of hydrogen-bond acceptors (Lipinski definition) is 14. The van der Waals surface area contributed by atoms with Crippen LogP contribution in [0.4, 0.5) is 4.79 Å². The maximum atomic E-state index is 12.7. The third-order valence-corrected chi connectivity index (χ3v) is 8.61. The van der Waals surface area contributed by atoms with E-state index in [1.807, 2.05) is 30.3 Å². The van der Waals surface area contributed by atoms with E-state index in [4.69, 9.17) is 42.6 Å². The molecule has 0 aliphatic carbocycles. The molecule has 1 N–H and O–H groups in total. The van der Waals surface area contributed by atoms with Crippen LogP contribution < -0.4 is 5.32 Å². The molecule has 0 bridgehead atoms. The number of amides is 1. The van der Waals surface area contributed by atoms with E-state index in [0.717, 1.165) is 50.5 Å². The molecule has 1 aliphatic rings. The lowest BCUT2D eigenvalue weighted by Gasteiger charge is -2.42. The number of ether oxygens (including phenoxy) is 9. The zero-order valence-electron chi connectivity index (χ0n) is 37.6. The van der Waals surface area contributed by atoms with E-state index >= 15 is 0 Å². The van der Waals surface area contributed by atoms with Crippen LogP contribution in [0.2, 0.25) is 0 Å². The van der Waals surface area contributed by atoms with Crippen molar-refractivity contribution in [2.24, 2.45) is 0 Å². The number of rotatable bonds is 26. The summed E-state index contributed by atoms with van der Waals surface area (Å²) in [5.41, 5.74) is -1.05. The van der Waals surface area contributed by atoms with Gasteiger partial charge in [0.25, 0.3) is 0 Å². The normalized spacial score (nSPS) is 18.3. The SMILES string of the molecule is CC(C)(C)OC(=O)CCO[C@H]1[C@H](OCCC(=O)OC(C)(C)C)[C@@H](COC(=O)NCCCCCCCCCC(=O)OCc2ccccc2)OC[C@@H]1OCCC(=O)OC(C)(C)C. The summed E-state index contributed by atoms with van der Waals surface area (Å²) in [5.74, 6) is -1.53. The fourth-order valence-corrected chi connectivity index (χ4v) is 6.04. The molecule has 1 amide bonds. The largest absolute Gasteiger partial charge is 0.461 e. The number of hydrogen-bond donors (Lipinski definition) is 1. The lowest BCUT2D eigenvalue weighted by molar-refractivity contribution is -0.237. The Morgan fingerprint density at radius 3 is 1.60 bits per heavy atom. The molecule has 1 aliphatic heterocycles. The Kier molecular flexibility index (Phi) is 23.7. The Hall–Kier alpha value is -3.79. The number of benzene rings is 1. The molecule has 1 saturated heterocycles. The van der Waals surface area contributed by atoms with Gasteiger partial charge in [-0.3, -0.25) is 19.2 Å². The minimum atomic E-state index is -0.904. The van der Waals surface area contributed by atoms with Gasteiger partial charge in [0.1, 0.15) is 54.4 Å². The monoisotopic (exact) mass is 852 g/mol. The Bertz CT molecular complexity index is 1420. The lowest BCUT2D eigenvalue weighted by atomic mass is 9.99. The van der Waals surface area contributed by atoms with Gasteiger partial charge in [0.2, 0.25) is 0 Å². The van der Waals surface area contributed by atoms with Crippen molar-refractivity contribution < 1.29 is 66.6 Å². The number of alkyl carbamates (subject to hydrolysis) is 1. The molecular weight excluding hydrogens is 778 g/mol. The summed E-state index contributed by atoms with van der Waals surface area (Å²) in [6.45, 7) is 16.4. The van der Waals surface area contributed by atoms with Crippen molar-refractivity contribution in [2.45, 2.75) is 181 Å². The zero-order chi connectivity index (χ0) is 44.6. The maximum absolute atomic E-state index is 12.7. The van der Waals surface area contributed by atoms with Gasteiger partial charge in [0.05, 0.1) is 45.7 Å². The van der Waals surface area contributed by atoms with E-state index < -0.39 is 65.2 Å². The summed E-state index contributed by atoms with van der Waals surface area (Å²) in [5, 5.41) is 2.78. The number of nitrogens with one attached hydrogen (secondary N) is 1. The van der Waals surface area contributed by atoms with Crippen LogP contribution in [0.15, 0.2) is 30.3 Å². The molecule has 342 valence electrons. The molecule has 2 rings (SSSR count). The summed E-state index contributed by atoms with van der Waals surface area (Å²) in [4.78, 5) is 62.2. The van der Waals surface area contributed by atoms with Crippen LogP contribution in [0, 0.1) is 0 Å². The topological polar surface area (TPSA) is 180 Å². The Morgan fingerprint density at radius 1 is 0.583 bits per heavy atom. The van der Waals surface area contributed by atoms with Crippen LogP contribution in [0.25, 0.3) is 0 Å². The first-order chi connectivity index (χ1) is 28.2. The summed E-state index contributed by atoms with van der Waals surface area (Å²) in [7, 11) is 0. The molecule has 0 saturated carbocycles. The molecule has 0 radical (unpaired) electrons. The molecule has 1 fully saturated rings. The molecular formula is C45H73NO14. The fourth-order valence-electron chi connectivity index (χ4n) is 6.04. The summed E-state index contributed by atoms with van der Waals surface area (Å²) >= 11 is 0. The van der Waals surface area contributed by atoms with Crippen molar-refractivity contribution in [3.8, 4) is 0 Å². The molecule has 0 unspecified atom stereocenters. The van der Waals surface area contributed by atoms with Crippen molar-refractivity contribution in [1.29, 1.82) is 0 Å². The molecule has 1 aromatic carbocycles. The van der Waals surface area contributed by atoms with E-state index in [9.17, 15) is 24.0 Å². The minimum Gasteiger partial charge on any atom is -0.461 e. The van der Waals surface area contributed by atoms with Crippen LogP contribution >= 0.6 is 0 Å². The van der Waals surface area contributed by atoms with Gasteiger partial charge >= 0.3 is 30.0 Å². The fraction of sp³-hybridized carbons (Fsp3) is 0.756. The molecule has 0 aromatic heterocycles. The number of carbonyl (C=O) groups is 5. The summed E-state index contributed by atoms with van der Waals surface area (Å²) < 4.78 is 51.8. The molecule has 15 heteroatoms. The van der Waals surface area contributed by atoms with Crippen LogP contribution in [-0.2, 0) is 68.4 Å². The van der Waals surface area contributed by atoms with E-state index in [1.165, 1.54) is 0 Å². The van der Waals surface area contributed by atoms with E-state index in [1.54, 1.807) is 62.3 Å². The van der Waals surface area contributed by atoms with Crippen LogP contribution in [0.1, 0.15) is 139 Å². The molecule has 1 heterocycles. The van der Waals surface area contributed by atoms with E-state index in [-0.39, 0.29) is 58.3 Å². The van der Waals surface area contributed by atoms with Crippen LogP contribution in [0.3, 0.4) is 0 Å². The second kappa shape index (κ2) is 27.2. The van der Waals surface area contributed by atoms with Crippen molar-refractivity contribution >= 4 is 30.0 Å². The third-order valence-electron chi connectivity index (χ3n) is 8.61. The molecule has 4 atom stereocenters.